The van der Waals surface area contributed by atoms with Crippen LogP contribution in [-0.4, -0.2) is 55.8 Å². The molecule has 0 aromatic heterocycles. The van der Waals surface area contributed by atoms with Crippen LogP contribution in [0.2, 0.25) is 5.02 Å². The third-order valence-electron chi connectivity index (χ3n) is 4.25. The van der Waals surface area contributed by atoms with Gasteiger partial charge in [-0.05, 0) is 36.4 Å². The number of hydrogen-bond acceptors (Lipinski definition) is 5. The molecule has 1 aliphatic heterocycles. The fourth-order valence-electron chi connectivity index (χ4n) is 2.61. The highest BCUT2D eigenvalue weighted by Gasteiger charge is 2.18. The summed E-state index contributed by atoms with van der Waals surface area (Å²) in [5.74, 6) is -1.02. The van der Waals surface area contributed by atoms with Crippen LogP contribution in [0.5, 0.6) is 5.75 Å². The average molecular weight is 431 g/mol. The van der Waals surface area contributed by atoms with E-state index in [1.165, 1.54) is 29.2 Å². The van der Waals surface area contributed by atoms with Gasteiger partial charge in [-0.3, -0.25) is 19.2 Å². The third-order valence-corrected chi connectivity index (χ3v) is 4.56. The number of nitrogens with one attached hydrogen (secondary N) is 3. The van der Waals surface area contributed by atoms with Gasteiger partial charge in [0.05, 0.1) is 22.8 Å². The smallest absolute Gasteiger partial charge is 0.262 e. The first-order chi connectivity index (χ1) is 14.2. The Balaban J connectivity index is 1.67. The number of nitrogens with zero attached hydrogens (tertiary/aromatic N) is 1. The van der Waals surface area contributed by atoms with Crippen LogP contribution in [0.4, 0.5) is 11.4 Å². The van der Waals surface area contributed by atoms with E-state index in [0.717, 1.165) is 0 Å². The molecule has 3 rings (SSSR count). The molecular weight excluding hydrogens is 412 g/mol. The number of carbonyl (C=O) groups is 4. The van der Waals surface area contributed by atoms with Gasteiger partial charge in [-0.25, -0.2) is 0 Å². The number of hydrogen-bond donors (Lipinski definition) is 3. The minimum atomic E-state index is -0.498. The summed E-state index contributed by atoms with van der Waals surface area (Å²) in [7, 11) is 3.17. The molecular formula is C20H19ClN4O5. The highest BCUT2D eigenvalue weighted by Crippen LogP contribution is 2.29. The SMILES string of the molecule is CN(C)C(=O)CNC(=O)c1ccc(NC(=O)c2ccc3c(c2)OCC(=O)N3)cc1Cl. The van der Waals surface area contributed by atoms with Gasteiger partial charge in [-0.15, -0.1) is 0 Å². The van der Waals surface area contributed by atoms with Gasteiger partial charge in [0, 0.05) is 25.3 Å². The van der Waals surface area contributed by atoms with Crippen LogP contribution in [0.3, 0.4) is 0 Å². The molecule has 0 bridgehead atoms. The Morgan fingerprint density at radius 3 is 2.60 bits per heavy atom. The maximum absolute atomic E-state index is 12.5. The number of carbonyl (C=O) groups excluding carboxylic acids is 4. The molecule has 2 aromatic carbocycles. The van der Waals surface area contributed by atoms with Crippen molar-refractivity contribution in [2.45, 2.75) is 0 Å². The summed E-state index contributed by atoms with van der Waals surface area (Å²) in [4.78, 5) is 49.0. The quantitative estimate of drug-likeness (QED) is 0.668. The molecule has 0 radical (unpaired) electrons. The largest absolute Gasteiger partial charge is 0.482 e. The van der Waals surface area contributed by atoms with Gasteiger partial charge < -0.3 is 25.6 Å². The zero-order valence-corrected chi connectivity index (χ0v) is 17.0. The van der Waals surface area contributed by atoms with E-state index < -0.39 is 11.8 Å². The highest BCUT2D eigenvalue weighted by atomic mass is 35.5. The topological polar surface area (TPSA) is 117 Å². The maximum atomic E-state index is 12.5. The van der Waals surface area contributed by atoms with E-state index in [9.17, 15) is 19.2 Å². The predicted octanol–water partition coefficient (Wildman–Crippen LogP) is 1.74. The number of ether oxygens (including phenoxy) is 1. The average Bonchev–Trinajstić information content (AvgIpc) is 2.71. The molecule has 4 amide bonds. The van der Waals surface area contributed by atoms with Crippen LogP contribution >= 0.6 is 11.6 Å². The number of amides is 4. The number of anilines is 2. The van der Waals surface area contributed by atoms with Crippen molar-refractivity contribution in [2.75, 3.05) is 37.9 Å². The zero-order valence-electron chi connectivity index (χ0n) is 16.2. The Hall–Kier alpha value is -3.59. The van der Waals surface area contributed by atoms with Gasteiger partial charge in [-0.2, -0.15) is 0 Å². The van der Waals surface area contributed by atoms with Crippen LogP contribution in [0.25, 0.3) is 0 Å². The van der Waals surface area contributed by atoms with Crippen LogP contribution in [0.1, 0.15) is 20.7 Å². The number of benzene rings is 2. The fraction of sp³-hybridized carbons (Fsp3) is 0.200. The number of halogens is 1. The normalized spacial score (nSPS) is 12.2. The molecule has 9 nitrogen and oxygen atoms in total. The van der Waals surface area contributed by atoms with Gasteiger partial charge in [0.25, 0.3) is 17.7 Å². The van der Waals surface area contributed by atoms with E-state index >= 15 is 0 Å². The molecule has 0 saturated heterocycles. The van der Waals surface area contributed by atoms with Gasteiger partial charge in [0.1, 0.15) is 5.75 Å². The molecule has 1 heterocycles. The summed E-state index contributed by atoms with van der Waals surface area (Å²) in [5.41, 5.74) is 1.39. The molecule has 2 aromatic rings. The van der Waals surface area contributed by atoms with Crippen molar-refractivity contribution in [1.29, 1.82) is 0 Å². The first-order valence-corrected chi connectivity index (χ1v) is 9.28. The van der Waals surface area contributed by atoms with E-state index in [2.05, 4.69) is 16.0 Å². The van der Waals surface area contributed by atoms with Gasteiger partial charge in [0.15, 0.2) is 6.61 Å². The number of rotatable bonds is 5. The first kappa shape index (κ1) is 21.1. The predicted molar refractivity (Wildman–Crippen MR) is 111 cm³/mol. The van der Waals surface area contributed by atoms with Crippen LogP contribution in [0.15, 0.2) is 36.4 Å². The standard InChI is InChI=1S/C20H19ClN4O5/c1-25(2)18(27)9-22-20(29)13-5-4-12(8-14(13)21)23-19(28)11-3-6-15-16(7-11)30-10-17(26)24-15/h3-8H,9-10H2,1-2H3,(H,22,29)(H,23,28)(H,24,26). The Morgan fingerprint density at radius 1 is 1.13 bits per heavy atom. The highest BCUT2D eigenvalue weighted by molar-refractivity contribution is 6.34. The van der Waals surface area contributed by atoms with E-state index in [0.29, 0.717) is 22.7 Å². The molecule has 30 heavy (non-hydrogen) atoms. The molecule has 0 spiro atoms. The lowest BCUT2D eigenvalue weighted by Gasteiger charge is -2.18. The second kappa shape index (κ2) is 8.83. The minimum Gasteiger partial charge on any atom is -0.482 e. The Kier molecular flexibility index (Phi) is 6.22. The van der Waals surface area contributed by atoms with Crippen molar-refractivity contribution in [3.63, 3.8) is 0 Å². The van der Waals surface area contributed by atoms with Crippen molar-refractivity contribution >= 4 is 46.6 Å². The lowest BCUT2D eigenvalue weighted by atomic mass is 10.1. The molecule has 10 heteroatoms. The first-order valence-electron chi connectivity index (χ1n) is 8.90. The van der Waals surface area contributed by atoms with Crippen molar-refractivity contribution in [2.24, 2.45) is 0 Å². The molecule has 0 unspecified atom stereocenters. The lowest BCUT2D eigenvalue weighted by molar-refractivity contribution is -0.127. The minimum absolute atomic E-state index is 0.114. The molecule has 3 N–H and O–H groups in total. The lowest BCUT2D eigenvalue weighted by Crippen LogP contribution is -2.36. The summed E-state index contributed by atoms with van der Waals surface area (Å²) in [6.07, 6.45) is 0. The molecule has 0 aliphatic carbocycles. The van der Waals surface area contributed by atoms with Crippen LogP contribution in [0, 0.1) is 0 Å². The summed E-state index contributed by atoms with van der Waals surface area (Å²) < 4.78 is 5.31. The van der Waals surface area contributed by atoms with Crippen molar-refractivity contribution in [1.82, 2.24) is 10.2 Å². The fourth-order valence-corrected chi connectivity index (χ4v) is 2.87. The zero-order chi connectivity index (χ0) is 21.8. The second-order valence-electron chi connectivity index (χ2n) is 6.67. The molecule has 0 saturated carbocycles. The van der Waals surface area contributed by atoms with E-state index in [4.69, 9.17) is 16.3 Å². The maximum Gasteiger partial charge on any atom is 0.262 e. The molecule has 156 valence electrons. The second-order valence-corrected chi connectivity index (χ2v) is 7.07. The summed E-state index contributed by atoms with van der Waals surface area (Å²) in [6.45, 7) is -0.265. The van der Waals surface area contributed by atoms with Crippen LogP contribution in [-0.2, 0) is 9.59 Å². The Bertz CT molecular complexity index is 1040. The number of fused-ring (bicyclic) bond motifs is 1. The van der Waals surface area contributed by atoms with Gasteiger partial charge in [0.2, 0.25) is 5.91 Å². The van der Waals surface area contributed by atoms with E-state index in [1.54, 1.807) is 26.2 Å². The summed E-state index contributed by atoms with van der Waals surface area (Å²) in [6, 6.07) is 9.08. The van der Waals surface area contributed by atoms with Crippen LogP contribution < -0.4 is 20.7 Å². The molecule has 1 aliphatic rings. The van der Waals surface area contributed by atoms with Crippen molar-refractivity contribution in [3.05, 3.63) is 52.5 Å². The number of likely N-dealkylation sites (N-methyl/N-ethyl adjacent to an activating group) is 1. The Labute approximate surface area is 177 Å². The van der Waals surface area contributed by atoms with E-state index in [1.807, 2.05) is 0 Å². The molecule has 0 fully saturated rings. The summed E-state index contributed by atoms with van der Waals surface area (Å²) in [5, 5.41) is 7.95. The van der Waals surface area contributed by atoms with Gasteiger partial charge in [-0.1, -0.05) is 11.6 Å². The van der Waals surface area contributed by atoms with E-state index in [-0.39, 0.29) is 35.6 Å². The van der Waals surface area contributed by atoms with Crippen molar-refractivity contribution < 1.29 is 23.9 Å². The summed E-state index contributed by atoms with van der Waals surface area (Å²) >= 11 is 6.17. The van der Waals surface area contributed by atoms with Crippen molar-refractivity contribution in [3.8, 4) is 5.75 Å². The Morgan fingerprint density at radius 2 is 1.90 bits per heavy atom. The monoisotopic (exact) mass is 430 g/mol. The van der Waals surface area contributed by atoms with Gasteiger partial charge >= 0.3 is 0 Å². The third kappa shape index (κ3) is 4.87. The molecule has 0 atom stereocenters.